The summed E-state index contributed by atoms with van der Waals surface area (Å²) in [5.74, 6) is 0.880. The van der Waals surface area contributed by atoms with Gasteiger partial charge in [0.25, 0.3) is 0 Å². The molecule has 0 aliphatic heterocycles. The van der Waals surface area contributed by atoms with Crippen LogP contribution in [0.4, 0.5) is 0 Å². The predicted molar refractivity (Wildman–Crippen MR) is 69.2 cm³/mol. The maximum absolute atomic E-state index is 6.14. The van der Waals surface area contributed by atoms with Crippen LogP contribution >= 0.6 is 43.2 Å². The molecule has 0 fully saturated rings. The van der Waals surface area contributed by atoms with Crippen molar-refractivity contribution in [3.05, 3.63) is 42.9 Å². The quantitative estimate of drug-likeness (QED) is 0.880. The summed E-state index contributed by atoms with van der Waals surface area (Å²) < 4.78 is 7.38. The minimum atomic E-state index is -0.139. The first kappa shape index (κ1) is 11.4. The number of rotatable bonds is 2. The molecule has 0 aliphatic carbocycles. The van der Waals surface area contributed by atoms with Crippen molar-refractivity contribution in [2.45, 2.75) is 13.0 Å². The lowest BCUT2D eigenvalue weighted by molar-refractivity contribution is 0.530. The second-order valence-corrected chi connectivity index (χ2v) is 7.00. The summed E-state index contributed by atoms with van der Waals surface area (Å²) in [6.45, 7) is 1.91. The van der Waals surface area contributed by atoms with E-state index in [1.165, 1.54) is 0 Å². The summed E-state index contributed by atoms with van der Waals surface area (Å²) in [6, 6.07) is 3.85. The molecule has 2 rings (SSSR count). The van der Waals surface area contributed by atoms with E-state index < -0.39 is 0 Å². The molecule has 0 amide bonds. The Morgan fingerprint density at radius 1 is 1.40 bits per heavy atom. The first-order valence-corrected chi connectivity index (χ1v) is 6.73. The number of furan rings is 1. The maximum Gasteiger partial charge on any atom is 0.101 e. The summed E-state index contributed by atoms with van der Waals surface area (Å²) in [6.07, 6.45) is 1.71. The summed E-state index contributed by atoms with van der Waals surface area (Å²) in [5.41, 5.74) is 8.21. The lowest BCUT2D eigenvalue weighted by Crippen LogP contribution is -2.10. The summed E-state index contributed by atoms with van der Waals surface area (Å²) in [7, 11) is 0. The van der Waals surface area contributed by atoms with Crippen molar-refractivity contribution in [3.63, 3.8) is 0 Å². The molecule has 0 aromatic carbocycles. The first-order valence-electron chi connectivity index (χ1n) is 4.33. The van der Waals surface area contributed by atoms with Gasteiger partial charge in [0.1, 0.15) is 5.76 Å². The third-order valence-electron chi connectivity index (χ3n) is 2.13. The number of thiophene rings is 1. The Morgan fingerprint density at radius 2 is 2.13 bits per heavy atom. The number of nitrogens with two attached hydrogens (primary N) is 1. The summed E-state index contributed by atoms with van der Waals surface area (Å²) in [4.78, 5) is 0. The monoisotopic (exact) mass is 349 g/mol. The Morgan fingerprint density at radius 3 is 2.60 bits per heavy atom. The van der Waals surface area contributed by atoms with Gasteiger partial charge in [0.15, 0.2) is 0 Å². The first-order chi connectivity index (χ1) is 7.08. The van der Waals surface area contributed by atoms with Gasteiger partial charge in [-0.3, -0.25) is 0 Å². The van der Waals surface area contributed by atoms with Crippen molar-refractivity contribution in [3.8, 4) is 0 Å². The molecule has 0 aliphatic rings. The second kappa shape index (κ2) is 4.41. The van der Waals surface area contributed by atoms with Crippen molar-refractivity contribution in [2.75, 3.05) is 0 Å². The maximum atomic E-state index is 6.14. The molecular formula is C10H9Br2NOS. The van der Waals surface area contributed by atoms with Gasteiger partial charge < -0.3 is 10.2 Å². The molecule has 1 atom stereocenters. The molecule has 1 unspecified atom stereocenters. The van der Waals surface area contributed by atoms with E-state index in [1.54, 1.807) is 17.6 Å². The highest BCUT2D eigenvalue weighted by molar-refractivity contribution is 9.12. The van der Waals surface area contributed by atoms with Crippen LogP contribution in [0.25, 0.3) is 0 Å². The van der Waals surface area contributed by atoms with Gasteiger partial charge in [-0.05, 0) is 56.5 Å². The molecule has 2 nitrogen and oxygen atoms in total. The summed E-state index contributed by atoms with van der Waals surface area (Å²) in [5, 5.41) is 0. The van der Waals surface area contributed by atoms with Crippen LogP contribution in [0, 0.1) is 6.92 Å². The van der Waals surface area contributed by atoms with Crippen LogP contribution in [-0.4, -0.2) is 0 Å². The third kappa shape index (κ3) is 2.36. The molecule has 0 saturated carbocycles. The highest BCUT2D eigenvalue weighted by Crippen LogP contribution is 2.37. The van der Waals surface area contributed by atoms with Crippen molar-refractivity contribution in [1.82, 2.24) is 0 Å². The fourth-order valence-corrected chi connectivity index (χ4v) is 4.30. The van der Waals surface area contributed by atoms with Gasteiger partial charge in [0, 0.05) is 5.56 Å². The SMILES string of the molecule is Cc1cc(C(N)c2cc(Br)sc2Br)co1. The number of hydrogen-bond acceptors (Lipinski definition) is 3. The topological polar surface area (TPSA) is 39.2 Å². The normalized spacial score (nSPS) is 13.1. The van der Waals surface area contributed by atoms with Crippen molar-refractivity contribution in [1.29, 1.82) is 0 Å². The highest BCUT2D eigenvalue weighted by Gasteiger charge is 2.16. The molecule has 0 spiro atoms. The van der Waals surface area contributed by atoms with Gasteiger partial charge >= 0.3 is 0 Å². The van der Waals surface area contributed by atoms with Gasteiger partial charge in [-0.2, -0.15) is 0 Å². The fourth-order valence-electron chi connectivity index (χ4n) is 1.37. The molecule has 2 aromatic heterocycles. The molecule has 0 radical (unpaired) electrons. The third-order valence-corrected chi connectivity index (χ3v) is 4.51. The Balaban J connectivity index is 2.35. The largest absolute Gasteiger partial charge is 0.469 e. The minimum Gasteiger partial charge on any atom is -0.469 e. The Kier molecular flexibility index (Phi) is 3.35. The van der Waals surface area contributed by atoms with E-state index in [1.807, 2.05) is 19.1 Å². The van der Waals surface area contributed by atoms with Crippen LogP contribution in [0.2, 0.25) is 0 Å². The Bertz CT molecular complexity index is 477. The Hall–Kier alpha value is -0.100. The molecule has 80 valence electrons. The van der Waals surface area contributed by atoms with E-state index >= 15 is 0 Å². The highest BCUT2D eigenvalue weighted by atomic mass is 79.9. The van der Waals surface area contributed by atoms with E-state index in [2.05, 4.69) is 31.9 Å². The van der Waals surface area contributed by atoms with Crippen molar-refractivity contribution in [2.24, 2.45) is 5.73 Å². The average Bonchev–Trinajstić information content (AvgIpc) is 2.71. The zero-order chi connectivity index (χ0) is 11.0. The van der Waals surface area contributed by atoms with Crippen molar-refractivity contribution < 1.29 is 4.42 Å². The molecule has 2 aromatic rings. The lowest BCUT2D eigenvalue weighted by Gasteiger charge is -2.07. The van der Waals surface area contributed by atoms with Crippen LogP contribution in [0.3, 0.4) is 0 Å². The molecule has 5 heteroatoms. The predicted octanol–water partition coefficient (Wildman–Crippen LogP) is 4.22. The molecular weight excluding hydrogens is 342 g/mol. The van der Waals surface area contributed by atoms with Crippen LogP contribution in [0.15, 0.2) is 30.4 Å². The van der Waals surface area contributed by atoms with E-state index in [-0.39, 0.29) is 6.04 Å². The fraction of sp³-hybridized carbons (Fsp3) is 0.200. The number of halogens is 2. The summed E-state index contributed by atoms with van der Waals surface area (Å²) >= 11 is 8.56. The van der Waals surface area contributed by atoms with E-state index in [4.69, 9.17) is 10.2 Å². The van der Waals surface area contributed by atoms with Crippen LogP contribution < -0.4 is 5.73 Å². The van der Waals surface area contributed by atoms with Crippen molar-refractivity contribution >= 4 is 43.2 Å². The van der Waals surface area contributed by atoms with Gasteiger partial charge in [-0.15, -0.1) is 11.3 Å². The smallest absolute Gasteiger partial charge is 0.101 e. The van der Waals surface area contributed by atoms with Gasteiger partial charge in [-0.1, -0.05) is 0 Å². The lowest BCUT2D eigenvalue weighted by atomic mass is 10.1. The standard InChI is InChI=1S/C10H9Br2NOS/c1-5-2-6(4-14-5)9(13)7-3-8(11)15-10(7)12/h2-4,9H,13H2,1H3. The van der Waals surface area contributed by atoms with Gasteiger partial charge in [0.2, 0.25) is 0 Å². The zero-order valence-corrected chi connectivity index (χ0v) is 11.9. The second-order valence-electron chi connectivity index (χ2n) is 3.25. The molecule has 15 heavy (non-hydrogen) atoms. The minimum absolute atomic E-state index is 0.139. The molecule has 2 heterocycles. The van der Waals surface area contributed by atoms with E-state index in [0.717, 1.165) is 24.5 Å². The average molecular weight is 351 g/mol. The number of hydrogen-bond donors (Lipinski definition) is 1. The Labute approximate surface area is 109 Å². The molecule has 2 N–H and O–H groups in total. The van der Waals surface area contributed by atoms with Crippen LogP contribution in [-0.2, 0) is 0 Å². The van der Waals surface area contributed by atoms with E-state index in [9.17, 15) is 0 Å². The number of aryl methyl sites for hydroxylation is 1. The molecule has 0 saturated heterocycles. The van der Waals surface area contributed by atoms with E-state index in [0.29, 0.717) is 0 Å². The molecule has 0 bridgehead atoms. The zero-order valence-electron chi connectivity index (χ0n) is 7.96. The van der Waals surface area contributed by atoms with Gasteiger partial charge in [-0.25, -0.2) is 0 Å². The van der Waals surface area contributed by atoms with Crippen LogP contribution in [0.1, 0.15) is 22.9 Å². The van der Waals surface area contributed by atoms with Gasteiger partial charge in [0.05, 0.1) is 19.9 Å². The van der Waals surface area contributed by atoms with Crippen LogP contribution in [0.5, 0.6) is 0 Å².